The van der Waals surface area contributed by atoms with Gasteiger partial charge in [-0.3, -0.25) is 4.98 Å². The van der Waals surface area contributed by atoms with Crippen molar-refractivity contribution < 1.29 is 0 Å². The van der Waals surface area contributed by atoms with Crippen LogP contribution >= 0.6 is 0 Å². The zero-order valence-electron chi connectivity index (χ0n) is 36.3. The first-order chi connectivity index (χ1) is 32.8. The first kappa shape index (κ1) is 39.0. The van der Waals surface area contributed by atoms with Crippen molar-refractivity contribution in [1.82, 2.24) is 4.98 Å². The zero-order chi connectivity index (χ0) is 43.8. The molecule has 1 nitrogen and oxygen atoms in total. The predicted molar refractivity (Wildman–Crippen MR) is 280 cm³/mol. The molecule has 12 rings (SSSR count). The Morgan fingerprint density at radius 3 is 1.11 bits per heavy atom. The summed E-state index contributed by atoms with van der Waals surface area (Å²) in [5.74, 6) is 0. The maximum absolute atomic E-state index is 4.62. The van der Waals surface area contributed by atoms with Gasteiger partial charge in [-0.05, 0) is 135 Å². The van der Waals surface area contributed by atoms with Gasteiger partial charge in [0.05, 0.1) is 5.52 Å². The van der Waals surface area contributed by atoms with Crippen molar-refractivity contribution in [2.75, 3.05) is 0 Å². The monoisotopic (exact) mass is 837 g/mol. The van der Waals surface area contributed by atoms with E-state index in [1.54, 1.807) is 0 Å². The van der Waals surface area contributed by atoms with Crippen molar-refractivity contribution in [1.29, 1.82) is 0 Å². The van der Waals surface area contributed by atoms with Gasteiger partial charge in [-0.2, -0.15) is 0 Å². The Labute approximate surface area is 385 Å². The van der Waals surface area contributed by atoms with Gasteiger partial charge in [-0.25, -0.2) is 0 Å². The molecular formula is C65H43N. The third-order valence-corrected chi connectivity index (χ3v) is 13.1. The smallest absolute Gasteiger partial charge is 0.0708 e. The summed E-state index contributed by atoms with van der Waals surface area (Å²) in [6.07, 6.45) is 1.91. The van der Waals surface area contributed by atoms with E-state index in [9.17, 15) is 0 Å². The van der Waals surface area contributed by atoms with Crippen LogP contribution in [0.2, 0.25) is 0 Å². The maximum atomic E-state index is 4.62. The summed E-state index contributed by atoms with van der Waals surface area (Å²) >= 11 is 0. The number of hydrogen-bond donors (Lipinski definition) is 0. The quantitative estimate of drug-likeness (QED) is 0.139. The van der Waals surface area contributed by atoms with Crippen LogP contribution in [0.1, 0.15) is 0 Å². The molecule has 12 aromatic rings. The van der Waals surface area contributed by atoms with Gasteiger partial charge in [0, 0.05) is 11.6 Å². The molecule has 0 fully saturated rings. The van der Waals surface area contributed by atoms with Gasteiger partial charge < -0.3 is 0 Å². The van der Waals surface area contributed by atoms with E-state index in [4.69, 9.17) is 0 Å². The first-order valence-electron chi connectivity index (χ1n) is 22.7. The van der Waals surface area contributed by atoms with Crippen LogP contribution in [-0.4, -0.2) is 4.98 Å². The lowest BCUT2D eigenvalue weighted by Gasteiger charge is -2.25. The van der Waals surface area contributed by atoms with E-state index in [1.165, 1.54) is 105 Å². The Bertz CT molecular complexity index is 3650. The molecule has 0 saturated heterocycles. The summed E-state index contributed by atoms with van der Waals surface area (Å²) in [5.41, 5.74) is 20.2. The average Bonchev–Trinajstić information content (AvgIpc) is 3.40. The fraction of sp³-hybridized carbons (Fsp3) is 0. The van der Waals surface area contributed by atoms with E-state index in [-0.39, 0.29) is 0 Å². The number of aromatic nitrogens is 1. The SMILES string of the molecule is c1ccc(-c2cc(-c3cccc(-c4c5ccccc5c(-c5ccc(-c6ccnc7ccccc67)cc5)c5ccccc45)c3)c(-c3ccccc3)c(-c3ccccc3)c2-c2ccccc2)cc1. The molecule has 0 saturated carbocycles. The highest BCUT2D eigenvalue weighted by molar-refractivity contribution is 6.21. The van der Waals surface area contributed by atoms with Crippen molar-refractivity contribution in [3.8, 4) is 89.0 Å². The number of pyridine rings is 1. The van der Waals surface area contributed by atoms with Crippen molar-refractivity contribution in [3.05, 3.63) is 261 Å². The van der Waals surface area contributed by atoms with Crippen molar-refractivity contribution in [2.24, 2.45) is 0 Å². The molecule has 66 heavy (non-hydrogen) atoms. The molecule has 0 aliphatic rings. The Morgan fingerprint density at radius 2 is 0.561 bits per heavy atom. The van der Waals surface area contributed by atoms with E-state index < -0.39 is 0 Å². The van der Waals surface area contributed by atoms with E-state index >= 15 is 0 Å². The fourth-order valence-corrected chi connectivity index (χ4v) is 10.2. The zero-order valence-corrected chi connectivity index (χ0v) is 36.3. The predicted octanol–water partition coefficient (Wildman–Crippen LogP) is 17.9. The molecule has 0 bridgehead atoms. The van der Waals surface area contributed by atoms with Crippen LogP contribution in [0.25, 0.3) is 121 Å². The maximum Gasteiger partial charge on any atom is 0.0708 e. The molecule has 0 amide bonds. The molecule has 1 heteroatoms. The minimum atomic E-state index is 1.00. The molecule has 1 aromatic heterocycles. The lowest BCUT2D eigenvalue weighted by molar-refractivity contribution is 1.41. The molecule has 11 aromatic carbocycles. The van der Waals surface area contributed by atoms with Gasteiger partial charge in [0.1, 0.15) is 0 Å². The standard InChI is InChI=1S/C65H43N/c1-5-20-44(21-6-1)58-43-59(64(47-24-9-3-10-25-47)65(48-26-11-4-12-27-48)63(58)46-22-7-2-8-23-46)50-28-19-29-51(42-50)62-56-33-15-13-31-54(56)61(55-32-14-16-34-57(55)62)49-38-36-45(37-39-49)52-40-41-66-60-35-18-17-30-53(52)60/h1-43H. The van der Waals surface area contributed by atoms with E-state index in [0.29, 0.717) is 0 Å². The van der Waals surface area contributed by atoms with Crippen LogP contribution in [-0.2, 0) is 0 Å². The third kappa shape index (κ3) is 6.86. The Hall–Kier alpha value is -8.65. The summed E-state index contributed by atoms with van der Waals surface area (Å²) < 4.78 is 0. The van der Waals surface area contributed by atoms with E-state index in [1.807, 2.05) is 12.3 Å². The topological polar surface area (TPSA) is 12.9 Å². The van der Waals surface area contributed by atoms with Crippen molar-refractivity contribution in [3.63, 3.8) is 0 Å². The highest BCUT2D eigenvalue weighted by atomic mass is 14.6. The summed E-state index contributed by atoms with van der Waals surface area (Å²) in [4.78, 5) is 4.62. The van der Waals surface area contributed by atoms with Gasteiger partial charge in [0.15, 0.2) is 0 Å². The average molecular weight is 838 g/mol. The summed E-state index contributed by atoms with van der Waals surface area (Å²) in [7, 11) is 0. The van der Waals surface area contributed by atoms with Crippen molar-refractivity contribution >= 4 is 32.4 Å². The van der Waals surface area contributed by atoms with Crippen LogP contribution in [0, 0.1) is 0 Å². The highest BCUT2D eigenvalue weighted by Gasteiger charge is 2.24. The molecule has 0 unspecified atom stereocenters. The minimum absolute atomic E-state index is 1.00. The molecule has 0 aliphatic carbocycles. The number of rotatable bonds is 8. The third-order valence-electron chi connectivity index (χ3n) is 13.1. The minimum Gasteiger partial charge on any atom is -0.256 e. The number of nitrogens with zero attached hydrogens (tertiary/aromatic N) is 1. The number of hydrogen-bond acceptors (Lipinski definition) is 1. The van der Waals surface area contributed by atoms with Crippen LogP contribution in [0.5, 0.6) is 0 Å². The number of para-hydroxylation sites is 1. The van der Waals surface area contributed by atoms with Gasteiger partial charge >= 0.3 is 0 Å². The summed E-state index contributed by atoms with van der Waals surface area (Å²) in [6, 6.07) is 92.9. The van der Waals surface area contributed by atoms with Crippen LogP contribution in [0.3, 0.4) is 0 Å². The lowest BCUT2D eigenvalue weighted by Crippen LogP contribution is -1.98. The second-order valence-corrected chi connectivity index (χ2v) is 16.9. The molecular weight excluding hydrogens is 795 g/mol. The number of benzene rings is 11. The Kier molecular flexibility index (Phi) is 9.93. The van der Waals surface area contributed by atoms with Crippen LogP contribution in [0.15, 0.2) is 261 Å². The Balaban J connectivity index is 1.10. The normalized spacial score (nSPS) is 11.3. The first-order valence-corrected chi connectivity index (χ1v) is 22.7. The van der Waals surface area contributed by atoms with Gasteiger partial charge in [0.25, 0.3) is 0 Å². The summed E-state index contributed by atoms with van der Waals surface area (Å²) in [5, 5.41) is 6.07. The molecule has 0 aliphatic heterocycles. The second kappa shape index (κ2) is 16.8. The van der Waals surface area contributed by atoms with E-state index in [0.717, 1.165) is 16.5 Å². The molecule has 0 radical (unpaired) electrons. The van der Waals surface area contributed by atoms with Gasteiger partial charge in [0.2, 0.25) is 0 Å². The molecule has 1 heterocycles. The van der Waals surface area contributed by atoms with Crippen LogP contribution in [0.4, 0.5) is 0 Å². The molecule has 308 valence electrons. The Morgan fingerprint density at radius 1 is 0.197 bits per heavy atom. The van der Waals surface area contributed by atoms with Crippen molar-refractivity contribution in [2.45, 2.75) is 0 Å². The van der Waals surface area contributed by atoms with Gasteiger partial charge in [-0.15, -0.1) is 0 Å². The van der Waals surface area contributed by atoms with Gasteiger partial charge in [-0.1, -0.05) is 231 Å². The largest absolute Gasteiger partial charge is 0.256 e. The fourth-order valence-electron chi connectivity index (χ4n) is 10.2. The molecule has 0 N–H and O–H groups in total. The second-order valence-electron chi connectivity index (χ2n) is 16.9. The highest BCUT2D eigenvalue weighted by Crippen LogP contribution is 2.51. The summed E-state index contributed by atoms with van der Waals surface area (Å²) in [6.45, 7) is 0. The van der Waals surface area contributed by atoms with Crippen LogP contribution < -0.4 is 0 Å². The lowest BCUT2D eigenvalue weighted by atomic mass is 9.78. The van der Waals surface area contributed by atoms with E-state index in [2.05, 4.69) is 254 Å². The molecule has 0 atom stereocenters. The number of fused-ring (bicyclic) bond motifs is 3. The molecule has 0 spiro atoms.